The van der Waals surface area contributed by atoms with Gasteiger partial charge in [-0.25, -0.2) is 9.59 Å². The van der Waals surface area contributed by atoms with Crippen molar-refractivity contribution in [3.63, 3.8) is 0 Å². The highest BCUT2D eigenvalue weighted by Crippen LogP contribution is 2.16. The van der Waals surface area contributed by atoms with Crippen LogP contribution in [0, 0.1) is 0 Å². The summed E-state index contributed by atoms with van der Waals surface area (Å²) >= 11 is 0. The fraction of sp³-hybridized carbons (Fsp3) is 0.364. The summed E-state index contributed by atoms with van der Waals surface area (Å²) in [6, 6.07) is 13.4. The van der Waals surface area contributed by atoms with Crippen molar-refractivity contribution in [3.05, 3.63) is 48.5 Å². The second kappa shape index (κ2) is 12.3. The van der Waals surface area contributed by atoms with E-state index in [9.17, 15) is 9.59 Å². The lowest BCUT2D eigenvalue weighted by molar-refractivity contribution is -0.154. The van der Waals surface area contributed by atoms with E-state index in [4.69, 9.17) is 35.2 Å². The van der Waals surface area contributed by atoms with Gasteiger partial charge in [0, 0.05) is 11.4 Å². The molecule has 0 radical (unpaired) electrons. The van der Waals surface area contributed by atoms with Gasteiger partial charge in [-0.1, -0.05) is 0 Å². The highest BCUT2D eigenvalue weighted by molar-refractivity contribution is 5.75. The van der Waals surface area contributed by atoms with E-state index < -0.39 is 24.1 Å². The minimum absolute atomic E-state index is 0.0544. The number of hydrogen-bond acceptors (Lipinski definition) is 9. The zero-order chi connectivity index (χ0) is 22.6. The summed E-state index contributed by atoms with van der Waals surface area (Å²) < 4.78 is 26.4. The molecule has 0 aliphatic rings. The van der Waals surface area contributed by atoms with Crippen molar-refractivity contribution in [2.24, 2.45) is 0 Å². The van der Waals surface area contributed by atoms with E-state index in [1.165, 1.54) is 0 Å². The van der Waals surface area contributed by atoms with Crippen molar-refractivity contribution in [1.29, 1.82) is 0 Å². The third-order valence-electron chi connectivity index (χ3n) is 3.99. The van der Waals surface area contributed by atoms with E-state index in [2.05, 4.69) is 0 Å². The standard InChI is InChI=1S/C22H28N2O7/c1-15(30-19-7-3-17(23)4-8-19)21(25)28-13-11-27-12-14-29-22(26)16(2)31-20-9-5-18(24)6-10-20/h3-10,15-16H,11-14,23-24H2,1-2H3/t15-,16+. The summed E-state index contributed by atoms with van der Waals surface area (Å²) in [6.07, 6.45) is -1.54. The highest BCUT2D eigenvalue weighted by atomic mass is 16.6. The molecule has 2 atom stereocenters. The van der Waals surface area contributed by atoms with Crippen LogP contribution in [-0.4, -0.2) is 50.6 Å². The molecule has 0 aromatic heterocycles. The molecule has 0 bridgehead atoms. The van der Waals surface area contributed by atoms with Crippen LogP contribution in [0.2, 0.25) is 0 Å². The fourth-order valence-corrected chi connectivity index (χ4v) is 2.34. The molecule has 9 heteroatoms. The van der Waals surface area contributed by atoms with Gasteiger partial charge in [0.2, 0.25) is 0 Å². The van der Waals surface area contributed by atoms with Crippen molar-refractivity contribution < 1.29 is 33.3 Å². The zero-order valence-electron chi connectivity index (χ0n) is 17.6. The molecule has 0 aliphatic carbocycles. The first-order valence-electron chi connectivity index (χ1n) is 9.80. The van der Waals surface area contributed by atoms with Crippen LogP contribution in [0.1, 0.15) is 13.8 Å². The molecule has 168 valence electrons. The molecule has 0 saturated heterocycles. The largest absolute Gasteiger partial charge is 0.479 e. The second-order valence-electron chi connectivity index (χ2n) is 6.61. The minimum atomic E-state index is -0.771. The Bertz CT molecular complexity index is 755. The average Bonchev–Trinajstić information content (AvgIpc) is 2.75. The number of nitrogens with two attached hydrogens (primary N) is 2. The number of anilines is 2. The van der Waals surface area contributed by atoms with Gasteiger partial charge in [-0.05, 0) is 62.4 Å². The Labute approximate surface area is 181 Å². The lowest BCUT2D eigenvalue weighted by atomic mass is 10.3. The molecule has 0 fully saturated rings. The predicted molar refractivity (Wildman–Crippen MR) is 115 cm³/mol. The molecular weight excluding hydrogens is 404 g/mol. The number of carbonyl (C=O) groups excluding carboxylic acids is 2. The number of esters is 2. The summed E-state index contributed by atoms with van der Waals surface area (Å²) in [6.45, 7) is 3.61. The molecule has 9 nitrogen and oxygen atoms in total. The van der Waals surface area contributed by atoms with Gasteiger partial charge in [0.05, 0.1) is 13.2 Å². The van der Waals surface area contributed by atoms with Crippen molar-refractivity contribution in [3.8, 4) is 11.5 Å². The quantitative estimate of drug-likeness (QED) is 0.294. The summed E-state index contributed by atoms with van der Waals surface area (Å²) in [5, 5.41) is 0. The van der Waals surface area contributed by atoms with Crippen molar-refractivity contribution >= 4 is 23.3 Å². The van der Waals surface area contributed by atoms with Gasteiger partial charge in [0.1, 0.15) is 24.7 Å². The smallest absolute Gasteiger partial charge is 0.347 e. The van der Waals surface area contributed by atoms with Crippen molar-refractivity contribution in [1.82, 2.24) is 0 Å². The monoisotopic (exact) mass is 432 g/mol. The maximum atomic E-state index is 11.9. The lowest BCUT2D eigenvalue weighted by Gasteiger charge is -2.15. The maximum absolute atomic E-state index is 11.9. The van der Waals surface area contributed by atoms with Crippen LogP contribution < -0.4 is 20.9 Å². The molecule has 0 heterocycles. The van der Waals surface area contributed by atoms with Crippen LogP contribution >= 0.6 is 0 Å². The number of benzene rings is 2. The highest BCUT2D eigenvalue weighted by Gasteiger charge is 2.17. The van der Waals surface area contributed by atoms with E-state index in [0.29, 0.717) is 22.9 Å². The first-order valence-corrected chi connectivity index (χ1v) is 9.80. The summed E-state index contributed by atoms with van der Waals surface area (Å²) in [7, 11) is 0. The van der Waals surface area contributed by atoms with Crippen LogP contribution in [0.15, 0.2) is 48.5 Å². The molecule has 4 N–H and O–H groups in total. The van der Waals surface area contributed by atoms with Crippen LogP contribution in [0.25, 0.3) is 0 Å². The van der Waals surface area contributed by atoms with Crippen LogP contribution in [0.5, 0.6) is 11.5 Å². The molecule has 2 aromatic carbocycles. The molecule has 0 unspecified atom stereocenters. The van der Waals surface area contributed by atoms with E-state index >= 15 is 0 Å². The number of carbonyl (C=O) groups is 2. The Hall–Kier alpha value is -3.46. The first kappa shape index (κ1) is 23.8. The first-order chi connectivity index (χ1) is 14.8. The van der Waals surface area contributed by atoms with Crippen LogP contribution in [-0.2, 0) is 23.8 Å². The normalized spacial score (nSPS) is 12.5. The Morgan fingerprint density at radius 2 is 1.03 bits per heavy atom. The topological polar surface area (TPSA) is 132 Å². The number of rotatable bonds is 12. The van der Waals surface area contributed by atoms with Crippen molar-refractivity contribution in [2.45, 2.75) is 26.1 Å². The minimum Gasteiger partial charge on any atom is -0.479 e. The third-order valence-corrected chi connectivity index (χ3v) is 3.99. The molecule has 0 spiro atoms. The second-order valence-corrected chi connectivity index (χ2v) is 6.61. The Balaban J connectivity index is 1.53. The van der Waals surface area contributed by atoms with E-state index in [1.54, 1.807) is 62.4 Å². The molecule has 0 aliphatic heterocycles. The lowest BCUT2D eigenvalue weighted by Crippen LogP contribution is -2.28. The third kappa shape index (κ3) is 8.83. The van der Waals surface area contributed by atoms with Gasteiger partial charge in [0.25, 0.3) is 0 Å². The molecular formula is C22H28N2O7. The summed E-state index contributed by atoms with van der Waals surface area (Å²) in [4.78, 5) is 23.8. The predicted octanol–water partition coefficient (Wildman–Crippen LogP) is 2.19. The molecule has 0 amide bonds. The maximum Gasteiger partial charge on any atom is 0.347 e. The summed E-state index contributed by atoms with van der Waals surface area (Å²) in [5.74, 6) is 0.0126. The zero-order valence-corrected chi connectivity index (χ0v) is 17.6. The van der Waals surface area contributed by atoms with Crippen LogP contribution in [0.3, 0.4) is 0 Å². The van der Waals surface area contributed by atoms with Gasteiger partial charge < -0.3 is 35.2 Å². The number of ether oxygens (including phenoxy) is 5. The summed E-state index contributed by atoms with van der Waals surface area (Å²) in [5.41, 5.74) is 12.4. The Morgan fingerprint density at radius 3 is 1.39 bits per heavy atom. The molecule has 0 saturated carbocycles. The van der Waals surface area contributed by atoms with Crippen LogP contribution in [0.4, 0.5) is 11.4 Å². The van der Waals surface area contributed by atoms with E-state index in [1.807, 2.05) is 0 Å². The van der Waals surface area contributed by atoms with E-state index in [0.717, 1.165) is 0 Å². The van der Waals surface area contributed by atoms with E-state index in [-0.39, 0.29) is 26.4 Å². The number of nitrogen functional groups attached to an aromatic ring is 2. The molecule has 2 aromatic rings. The fourth-order valence-electron chi connectivity index (χ4n) is 2.34. The molecule has 2 rings (SSSR count). The van der Waals surface area contributed by atoms with Gasteiger partial charge >= 0.3 is 11.9 Å². The SMILES string of the molecule is C[C@H](Oc1ccc(N)cc1)C(=O)OCCOCCOC(=O)[C@@H](C)Oc1ccc(N)cc1. The van der Waals surface area contributed by atoms with Crippen molar-refractivity contribution in [2.75, 3.05) is 37.9 Å². The van der Waals surface area contributed by atoms with Gasteiger partial charge in [-0.2, -0.15) is 0 Å². The van der Waals surface area contributed by atoms with Gasteiger partial charge in [0.15, 0.2) is 12.2 Å². The average molecular weight is 432 g/mol. The van der Waals surface area contributed by atoms with Gasteiger partial charge in [-0.3, -0.25) is 0 Å². The van der Waals surface area contributed by atoms with Gasteiger partial charge in [-0.15, -0.1) is 0 Å². The molecule has 31 heavy (non-hydrogen) atoms. The number of hydrogen-bond donors (Lipinski definition) is 2. The Morgan fingerprint density at radius 1 is 0.677 bits per heavy atom. The Kier molecular flexibility index (Phi) is 9.44.